The predicted molar refractivity (Wildman–Crippen MR) is 117 cm³/mol. The molecule has 1 saturated carbocycles. The van der Waals surface area contributed by atoms with Crippen LogP contribution in [-0.2, 0) is 11.8 Å². The van der Waals surface area contributed by atoms with Crippen molar-refractivity contribution in [1.82, 2.24) is 19.7 Å². The van der Waals surface area contributed by atoms with Crippen molar-refractivity contribution in [2.24, 2.45) is 13.0 Å². The van der Waals surface area contributed by atoms with Gasteiger partial charge in [0.25, 0.3) is 0 Å². The molecule has 30 heavy (non-hydrogen) atoms. The average molecular weight is 419 g/mol. The number of nitrogens with one attached hydrogen (secondary N) is 1. The standard InChI is InChI=1S/C22H19ClN6O/c1-29-11-13(9-26-29)15-8-16(15)22(30)28-20-7-12-6-19(14-4-2-3-5-18(14)23)27-21(24)17(12)10-25-20/h2-7,9-11,15-16H,8H2,1H3,(H2,24,27)(H,25,28,30)/t15-,16+/m1/s1. The van der Waals surface area contributed by atoms with E-state index in [1.165, 1.54) is 0 Å². The minimum Gasteiger partial charge on any atom is -0.383 e. The molecule has 150 valence electrons. The van der Waals surface area contributed by atoms with Crippen LogP contribution in [0.15, 0.2) is 55.0 Å². The topological polar surface area (TPSA) is 98.7 Å². The first-order valence-corrected chi connectivity index (χ1v) is 9.98. The summed E-state index contributed by atoms with van der Waals surface area (Å²) in [5.74, 6) is 0.967. The van der Waals surface area contributed by atoms with Gasteiger partial charge in [0.2, 0.25) is 5.91 Å². The maximum atomic E-state index is 12.7. The Labute approximate surface area is 177 Å². The van der Waals surface area contributed by atoms with E-state index in [9.17, 15) is 4.79 Å². The number of fused-ring (bicyclic) bond motifs is 1. The number of pyridine rings is 2. The highest BCUT2D eigenvalue weighted by Crippen LogP contribution is 2.47. The predicted octanol–water partition coefficient (Wildman–Crippen LogP) is 4.01. The molecule has 0 radical (unpaired) electrons. The van der Waals surface area contributed by atoms with Crippen LogP contribution in [0.3, 0.4) is 0 Å². The van der Waals surface area contributed by atoms with Gasteiger partial charge in [0.1, 0.15) is 11.6 Å². The third-order valence-electron chi connectivity index (χ3n) is 5.43. The summed E-state index contributed by atoms with van der Waals surface area (Å²) in [7, 11) is 1.87. The van der Waals surface area contributed by atoms with E-state index in [0.29, 0.717) is 22.4 Å². The normalized spacial score (nSPS) is 17.8. The third kappa shape index (κ3) is 3.37. The fraction of sp³-hybridized carbons (Fsp3) is 0.182. The maximum Gasteiger partial charge on any atom is 0.229 e. The van der Waals surface area contributed by atoms with Gasteiger partial charge in [-0.25, -0.2) is 9.97 Å². The van der Waals surface area contributed by atoms with Crippen molar-refractivity contribution in [2.75, 3.05) is 11.1 Å². The van der Waals surface area contributed by atoms with Crippen molar-refractivity contribution in [3.05, 3.63) is 65.6 Å². The maximum absolute atomic E-state index is 12.7. The molecule has 0 bridgehead atoms. The Morgan fingerprint density at radius 2 is 2.10 bits per heavy atom. The van der Waals surface area contributed by atoms with Gasteiger partial charge in [0.15, 0.2) is 0 Å². The molecule has 0 spiro atoms. The van der Waals surface area contributed by atoms with Gasteiger partial charge >= 0.3 is 0 Å². The second-order valence-corrected chi connectivity index (χ2v) is 7.96. The van der Waals surface area contributed by atoms with E-state index in [2.05, 4.69) is 20.4 Å². The van der Waals surface area contributed by atoms with Crippen molar-refractivity contribution in [2.45, 2.75) is 12.3 Å². The third-order valence-corrected chi connectivity index (χ3v) is 5.76. The van der Waals surface area contributed by atoms with Crippen molar-refractivity contribution in [1.29, 1.82) is 0 Å². The Bertz CT molecular complexity index is 1280. The Morgan fingerprint density at radius 1 is 1.27 bits per heavy atom. The van der Waals surface area contributed by atoms with E-state index in [0.717, 1.165) is 28.3 Å². The van der Waals surface area contributed by atoms with Crippen molar-refractivity contribution < 1.29 is 4.79 Å². The van der Waals surface area contributed by atoms with Gasteiger partial charge in [0, 0.05) is 41.3 Å². The minimum atomic E-state index is -0.0621. The molecule has 1 aromatic carbocycles. The zero-order chi connectivity index (χ0) is 20.8. The van der Waals surface area contributed by atoms with E-state index in [4.69, 9.17) is 17.3 Å². The number of aromatic nitrogens is 4. The van der Waals surface area contributed by atoms with Gasteiger partial charge in [-0.15, -0.1) is 0 Å². The molecule has 1 aliphatic rings. The molecule has 0 saturated heterocycles. The first-order valence-electron chi connectivity index (χ1n) is 9.60. The second-order valence-electron chi connectivity index (χ2n) is 7.55. The lowest BCUT2D eigenvalue weighted by atomic mass is 10.1. The lowest BCUT2D eigenvalue weighted by Gasteiger charge is -2.10. The summed E-state index contributed by atoms with van der Waals surface area (Å²) in [5, 5.41) is 9.27. The van der Waals surface area contributed by atoms with Crippen LogP contribution in [0.2, 0.25) is 5.02 Å². The smallest absolute Gasteiger partial charge is 0.229 e. The van der Waals surface area contributed by atoms with Crippen molar-refractivity contribution in [3.8, 4) is 11.3 Å². The molecule has 2 atom stereocenters. The van der Waals surface area contributed by atoms with E-state index >= 15 is 0 Å². The van der Waals surface area contributed by atoms with E-state index < -0.39 is 0 Å². The van der Waals surface area contributed by atoms with Gasteiger partial charge < -0.3 is 11.1 Å². The number of amides is 1. The lowest BCUT2D eigenvalue weighted by Crippen LogP contribution is -2.15. The minimum absolute atomic E-state index is 0.0379. The fourth-order valence-electron chi connectivity index (χ4n) is 3.75. The van der Waals surface area contributed by atoms with Gasteiger partial charge in [-0.3, -0.25) is 9.48 Å². The lowest BCUT2D eigenvalue weighted by molar-refractivity contribution is -0.117. The van der Waals surface area contributed by atoms with Crippen LogP contribution in [-0.4, -0.2) is 25.7 Å². The Balaban J connectivity index is 1.40. The molecule has 8 heteroatoms. The molecule has 7 nitrogen and oxygen atoms in total. The average Bonchev–Trinajstić information content (AvgIpc) is 3.42. The fourth-order valence-corrected chi connectivity index (χ4v) is 3.99. The molecule has 0 aliphatic heterocycles. The summed E-state index contributed by atoms with van der Waals surface area (Å²) in [6.07, 6.45) is 6.23. The van der Waals surface area contributed by atoms with Crippen LogP contribution < -0.4 is 11.1 Å². The van der Waals surface area contributed by atoms with Crippen LogP contribution in [0.25, 0.3) is 22.0 Å². The summed E-state index contributed by atoms with van der Waals surface area (Å²) >= 11 is 6.31. The number of hydrogen-bond donors (Lipinski definition) is 2. The quantitative estimate of drug-likeness (QED) is 0.521. The summed E-state index contributed by atoms with van der Waals surface area (Å²) < 4.78 is 1.75. The number of anilines is 2. The van der Waals surface area contributed by atoms with Gasteiger partial charge in [0.05, 0.1) is 11.9 Å². The summed E-state index contributed by atoms with van der Waals surface area (Å²) in [6.45, 7) is 0. The zero-order valence-electron chi connectivity index (χ0n) is 16.2. The SMILES string of the molecule is Cn1cc([C@H]2C[C@@H]2C(=O)Nc2cc3cc(-c4ccccc4Cl)nc(N)c3cn2)cn1. The second kappa shape index (κ2) is 7.11. The van der Waals surface area contributed by atoms with Crippen LogP contribution >= 0.6 is 11.6 Å². The first kappa shape index (κ1) is 18.6. The number of hydrogen-bond acceptors (Lipinski definition) is 5. The summed E-state index contributed by atoms with van der Waals surface area (Å²) in [6, 6.07) is 11.2. The number of rotatable bonds is 4. The molecule has 5 rings (SSSR count). The first-order chi connectivity index (χ1) is 14.5. The Kier molecular flexibility index (Phi) is 4.40. The molecular formula is C22H19ClN6O. The van der Waals surface area contributed by atoms with Gasteiger partial charge in [-0.2, -0.15) is 5.10 Å². The van der Waals surface area contributed by atoms with Crippen molar-refractivity contribution in [3.63, 3.8) is 0 Å². The van der Waals surface area contributed by atoms with Crippen LogP contribution in [0, 0.1) is 5.92 Å². The molecule has 3 heterocycles. The number of aryl methyl sites for hydroxylation is 1. The van der Waals surface area contributed by atoms with Crippen LogP contribution in [0.5, 0.6) is 0 Å². The molecule has 3 N–H and O–H groups in total. The highest BCUT2D eigenvalue weighted by Gasteiger charge is 2.44. The highest BCUT2D eigenvalue weighted by molar-refractivity contribution is 6.33. The number of nitrogen functional groups attached to an aromatic ring is 1. The number of benzene rings is 1. The molecule has 1 aliphatic carbocycles. The molecular weight excluding hydrogens is 400 g/mol. The van der Waals surface area contributed by atoms with Gasteiger partial charge in [-0.1, -0.05) is 29.8 Å². The summed E-state index contributed by atoms with van der Waals surface area (Å²) in [4.78, 5) is 21.5. The Morgan fingerprint density at radius 3 is 2.87 bits per heavy atom. The highest BCUT2D eigenvalue weighted by atomic mass is 35.5. The number of halogens is 1. The van der Waals surface area contributed by atoms with Crippen LogP contribution in [0.4, 0.5) is 11.6 Å². The van der Waals surface area contributed by atoms with Crippen LogP contribution in [0.1, 0.15) is 17.9 Å². The molecule has 1 amide bonds. The molecule has 1 fully saturated rings. The molecule has 0 unspecified atom stereocenters. The number of nitrogens with two attached hydrogens (primary N) is 1. The summed E-state index contributed by atoms with van der Waals surface area (Å²) in [5.41, 5.74) is 8.71. The zero-order valence-corrected chi connectivity index (χ0v) is 17.0. The molecule has 3 aromatic heterocycles. The Hall–Kier alpha value is -3.45. The van der Waals surface area contributed by atoms with E-state index in [-0.39, 0.29) is 17.7 Å². The number of carbonyl (C=O) groups excluding carboxylic acids is 1. The van der Waals surface area contributed by atoms with Gasteiger partial charge in [-0.05, 0) is 41.5 Å². The van der Waals surface area contributed by atoms with E-state index in [1.807, 2.05) is 55.8 Å². The van der Waals surface area contributed by atoms with Crippen molar-refractivity contribution >= 4 is 39.9 Å². The monoisotopic (exact) mass is 418 g/mol. The molecule has 4 aromatic rings. The number of carbonyl (C=O) groups is 1. The van der Waals surface area contributed by atoms with E-state index in [1.54, 1.807) is 10.9 Å². The number of nitrogens with zero attached hydrogens (tertiary/aromatic N) is 4. The largest absolute Gasteiger partial charge is 0.383 e.